The summed E-state index contributed by atoms with van der Waals surface area (Å²) in [7, 11) is 0. The number of benzene rings is 6. The van der Waals surface area contributed by atoms with Crippen LogP contribution in [-0.2, 0) is 0 Å². The highest BCUT2D eigenvalue weighted by Crippen LogP contribution is 2.43. The fraction of sp³-hybridized carbons (Fsp3) is 0. The van der Waals surface area contributed by atoms with E-state index in [0.717, 1.165) is 38.3 Å². The number of hydrogen-bond donors (Lipinski definition) is 0. The number of hydrogen-bond acceptors (Lipinski definition) is 4. The molecular formula is C37H20N4S. The summed E-state index contributed by atoms with van der Waals surface area (Å²) in [5.41, 5.74) is 5.53. The van der Waals surface area contributed by atoms with Crippen molar-refractivity contribution in [2.45, 2.75) is 0 Å². The molecule has 194 valence electrons. The molecule has 0 bridgehead atoms. The Labute approximate surface area is 244 Å². The highest BCUT2D eigenvalue weighted by atomic mass is 32.1. The summed E-state index contributed by atoms with van der Waals surface area (Å²) in [5, 5.41) is 18.1. The van der Waals surface area contributed by atoms with E-state index in [4.69, 9.17) is 9.97 Å². The predicted octanol–water partition coefficient (Wildman–Crippen LogP) is 9.79. The molecule has 4 nitrogen and oxygen atoms in total. The van der Waals surface area contributed by atoms with E-state index in [0.29, 0.717) is 11.6 Å². The topological polar surface area (TPSA) is 54.5 Å². The average Bonchev–Trinajstić information content (AvgIpc) is 3.59. The number of fused-ring (bicyclic) bond motifs is 9. The van der Waals surface area contributed by atoms with Crippen LogP contribution in [-0.4, -0.2) is 14.5 Å². The first-order valence-corrected chi connectivity index (χ1v) is 14.6. The zero-order valence-corrected chi connectivity index (χ0v) is 23.1. The lowest BCUT2D eigenvalue weighted by molar-refractivity contribution is 1.00. The smallest absolute Gasteiger partial charge is 0.236 e. The molecule has 0 amide bonds. The van der Waals surface area contributed by atoms with Gasteiger partial charge in [0.2, 0.25) is 5.95 Å². The number of nitriles is 1. The van der Waals surface area contributed by atoms with Gasteiger partial charge < -0.3 is 0 Å². The molecule has 0 aliphatic heterocycles. The summed E-state index contributed by atoms with van der Waals surface area (Å²) in [6, 6.07) is 44.7. The lowest BCUT2D eigenvalue weighted by Crippen LogP contribution is -2.03. The van der Waals surface area contributed by atoms with Gasteiger partial charge in [0.15, 0.2) is 5.69 Å². The molecule has 5 heteroatoms. The first-order valence-electron chi connectivity index (χ1n) is 13.8. The van der Waals surface area contributed by atoms with Crippen LogP contribution in [0.4, 0.5) is 0 Å². The van der Waals surface area contributed by atoms with Gasteiger partial charge in [-0.2, -0.15) is 5.26 Å². The highest BCUT2D eigenvalue weighted by Gasteiger charge is 2.18. The summed E-state index contributed by atoms with van der Waals surface area (Å²) >= 11 is 1.85. The van der Waals surface area contributed by atoms with Crippen LogP contribution in [0.15, 0.2) is 121 Å². The molecule has 42 heavy (non-hydrogen) atoms. The molecule has 0 unspecified atom stereocenters. The molecule has 0 aliphatic rings. The van der Waals surface area contributed by atoms with E-state index in [-0.39, 0.29) is 0 Å². The molecule has 3 heterocycles. The second kappa shape index (κ2) is 8.71. The highest BCUT2D eigenvalue weighted by molar-refractivity contribution is 7.26. The second-order valence-corrected chi connectivity index (χ2v) is 11.6. The van der Waals surface area contributed by atoms with E-state index in [1.165, 1.54) is 36.5 Å². The Morgan fingerprint density at radius 2 is 1.26 bits per heavy atom. The fourth-order valence-corrected chi connectivity index (χ4v) is 7.60. The van der Waals surface area contributed by atoms with Gasteiger partial charge >= 0.3 is 0 Å². The SMILES string of the molecule is N#Cc1nc(-n2c3ccccc3c3cc(-c4cc5sc6ccccc6c5c5ccccc45)ccc32)nc2ccccc12. The van der Waals surface area contributed by atoms with Crippen LogP contribution in [0, 0.1) is 11.3 Å². The number of nitrogens with zero attached hydrogens (tertiary/aromatic N) is 4. The quantitative estimate of drug-likeness (QED) is 0.214. The lowest BCUT2D eigenvalue weighted by atomic mass is 9.94. The summed E-state index contributed by atoms with van der Waals surface area (Å²) < 4.78 is 4.68. The summed E-state index contributed by atoms with van der Waals surface area (Å²) in [5.74, 6) is 0.501. The molecule has 9 rings (SSSR count). The third-order valence-corrected chi connectivity index (χ3v) is 9.38. The largest absolute Gasteiger partial charge is 0.278 e. The minimum absolute atomic E-state index is 0.376. The lowest BCUT2D eigenvalue weighted by Gasteiger charge is -2.11. The molecule has 6 aromatic carbocycles. The average molecular weight is 553 g/mol. The molecule has 0 fully saturated rings. The van der Waals surface area contributed by atoms with Crippen LogP contribution in [0.25, 0.3) is 80.7 Å². The maximum atomic E-state index is 9.91. The standard InChI is InChI=1S/C37H20N4S/c38-21-31-26-12-3-6-14-30(26)39-37(40-31)41-32-15-7-4-10-24(32)29-19-22(17-18-33(29)41)28-20-35-36(25-11-2-1-9-23(25)28)27-13-5-8-16-34(27)42-35/h1-20H. The predicted molar refractivity (Wildman–Crippen MR) is 174 cm³/mol. The monoisotopic (exact) mass is 552 g/mol. The van der Waals surface area contributed by atoms with E-state index in [1.54, 1.807) is 0 Å². The van der Waals surface area contributed by atoms with Gasteiger partial charge in [-0.25, -0.2) is 9.97 Å². The maximum absolute atomic E-state index is 9.91. The zero-order valence-electron chi connectivity index (χ0n) is 22.2. The van der Waals surface area contributed by atoms with Crippen molar-refractivity contribution >= 4 is 75.0 Å². The number of rotatable bonds is 2. The van der Waals surface area contributed by atoms with Gasteiger partial charge in [0.05, 0.1) is 16.6 Å². The van der Waals surface area contributed by atoms with Crippen LogP contribution in [0.2, 0.25) is 0 Å². The van der Waals surface area contributed by atoms with E-state index < -0.39 is 0 Å². The first-order chi connectivity index (χ1) is 20.8. The molecular weight excluding hydrogens is 533 g/mol. The van der Waals surface area contributed by atoms with Crippen molar-refractivity contribution in [2.75, 3.05) is 0 Å². The van der Waals surface area contributed by atoms with Gasteiger partial charge in [0.25, 0.3) is 0 Å². The minimum Gasteiger partial charge on any atom is -0.278 e. The van der Waals surface area contributed by atoms with Crippen LogP contribution in [0.3, 0.4) is 0 Å². The van der Waals surface area contributed by atoms with Crippen LogP contribution in [0.5, 0.6) is 0 Å². The van der Waals surface area contributed by atoms with Crippen molar-refractivity contribution < 1.29 is 0 Å². The van der Waals surface area contributed by atoms with E-state index >= 15 is 0 Å². The van der Waals surface area contributed by atoms with Gasteiger partial charge in [-0.05, 0) is 64.4 Å². The Kier molecular flexibility index (Phi) is 4.81. The Bertz CT molecular complexity index is 2600. The van der Waals surface area contributed by atoms with Crippen molar-refractivity contribution in [2.24, 2.45) is 0 Å². The van der Waals surface area contributed by atoms with Crippen LogP contribution >= 0.6 is 11.3 Å². The van der Waals surface area contributed by atoms with Crippen molar-refractivity contribution in [3.8, 4) is 23.1 Å². The molecule has 0 radical (unpaired) electrons. The van der Waals surface area contributed by atoms with Gasteiger partial charge in [-0.3, -0.25) is 4.57 Å². The van der Waals surface area contributed by atoms with Crippen molar-refractivity contribution in [3.63, 3.8) is 0 Å². The van der Waals surface area contributed by atoms with Gasteiger partial charge in [0.1, 0.15) is 6.07 Å². The minimum atomic E-state index is 0.376. The summed E-state index contributed by atoms with van der Waals surface area (Å²) in [4.78, 5) is 9.64. The maximum Gasteiger partial charge on any atom is 0.236 e. The van der Waals surface area contributed by atoms with Gasteiger partial charge in [0, 0.05) is 36.3 Å². The van der Waals surface area contributed by atoms with Crippen molar-refractivity contribution in [1.29, 1.82) is 5.26 Å². The molecule has 3 aromatic heterocycles. The molecule has 0 saturated carbocycles. The molecule has 0 N–H and O–H groups in total. The molecule has 9 aromatic rings. The van der Waals surface area contributed by atoms with E-state index in [9.17, 15) is 5.26 Å². The number of para-hydroxylation sites is 2. The van der Waals surface area contributed by atoms with Crippen molar-refractivity contribution in [3.05, 3.63) is 127 Å². The van der Waals surface area contributed by atoms with Crippen molar-refractivity contribution in [1.82, 2.24) is 14.5 Å². The first kappa shape index (κ1) is 23.2. The fourth-order valence-electron chi connectivity index (χ4n) is 6.43. The normalized spacial score (nSPS) is 11.8. The third kappa shape index (κ3) is 3.21. The molecule has 0 atom stereocenters. The van der Waals surface area contributed by atoms with Gasteiger partial charge in [-0.15, -0.1) is 11.3 Å². The van der Waals surface area contributed by atoms with E-state index in [1.807, 2.05) is 41.7 Å². The van der Waals surface area contributed by atoms with Gasteiger partial charge in [-0.1, -0.05) is 78.9 Å². The van der Waals surface area contributed by atoms with E-state index in [2.05, 4.69) is 102 Å². The summed E-state index contributed by atoms with van der Waals surface area (Å²) in [6.07, 6.45) is 0. The number of thiophene rings is 1. The Morgan fingerprint density at radius 3 is 2.12 bits per heavy atom. The Hall–Kier alpha value is -5.57. The Balaban J connectivity index is 1.34. The molecule has 0 spiro atoms. The Morgan fingerprint density at radius 1 is 0.571 bits per heavy atom. The summed E-state index contributed by atoms with van der Waals surface area (Å²) in [6.45, 7) is 0. The van der Waals surface area contributed by atoms with Crippen LogP contribution in [0.1, 0.15) is 5.69 Å². The van der Waals surface area contributed by atoms with Crippen LogP contribution < -0.4 is 0 Å². The zero-order chi connectivity index (χ0) is 27.8. The molecule has 0 aliphatic carbocycles. The third-order valence-electron chi connectivity index (χ3n) is 8.27. The number of aromatic nitrogens is 3. The second-order valence-electron chi connectivity index (χ2n) is 10.5. The molecule has 0 saturated heterocycles.